The first-order valence-corrected chi connectivity index (χ1v) is 24.1. The molecule has 0 aromatic heterocycles. The zero-order chi connectivity index (χ0) is 48.8. The van der Waals surface area contributed by atoms with Crippen molar-refractivity contribution in [1.82, 2.24) is 14.7 Å². The Morgan fingerprint density at radius 1 is 0.877 bits per heavy atom. The van der Waals surface area contributed by atoms with Gasteiger partial charge in [0.1, 0.15) is 29.6 Å². The highest BCUT2D eigenvalue weighted by atomic mass is 16.7. The number of esters is 1. The van der Waals surface area contributed by atoms with Crippen molar-refractivity contribution in [2.24, 2.45) is 23.7 Å². The molecule has 0 amide bonds. The number of ether oxygens (including phenoxy) is 9. The second kappa shape index (κ2) is 23.1. The number of hydrogen-bond donors (Lipinski definition) is 1. The molecule has 65 heavy (non-hydrogen) atoms. The molecule has 374 valence electrons. The van der Waals surface area contributed by atoms with E-state index in [-0.39, 0.29) is 62.5 Å². The van der Waals surface area contributed by atoms with Crippen LogP contribution in [0.5, 0.6) is 0 Å². The van der Waals surface area contributed by atoms with Crippen molar-refractivity contribution in [1.29, 1.82) is 10.5 Å². The van der Waals surface area contributed by atoms with Crippen LogP contribution in [0.2, 0.25) is 0 Å². The molecule has 4 rings (SSSR count). The number of methoxy groups -OCH3 is 1. The van der Waals surface area contributed by atoms with E-state index in [4.69, 9.17) is 42.6 Å². The average Bonchev–Trinajstić information content (AvgIpc) is 3.52. The summed E-state index contributed by atoms with van der Waals surface area (Å²) in [4.78, 5) is 21.6. The molecule has 4 aliphatic heterocycles. The number of cyclic esters (lactones) is 1. The lowest BCUT2D eigenvalue weighted by Gasteiger charge is -2.50. The largest absolute Gasteiger partial charge is 0.459 e. The maximum absolute atomic E-state index is 15.0. The minimum absolute atomic E-state index is 0.0161. The molecule has 4 saturated heterocycles. The van der Waals surface area contributed by atoms with E-state index in [1.165, 1.54) is 0 Å². The lowest BCUT2D eigenvalue weighted by Crippen LogP contribution is -2.61. The Morgan fingerprint density at radius 2 is 1.51 bits per heavy atom. The molecule has 0 bridgehead atoms. The number of aliphatic hydroxyl groups is 1. The van der Waals surface area contributed by atoms with Crippen LogP contribution in [-0.2, 0) is 47.4 Å². The molecule has 0 radical (unpaired) electrons. The van der Waals surface area contributed by atoms with Crippen LogP contribution in [0.25, 0.3) is 0 Å². The minimum Gasteiger partial charge on any atom is -0.459 e. The average molecular weight is 922 g/mol. The lowest BCUT2D eigenvalue weighted by molar-refractivity contribution is -0.323. The minimum atomic E-state index is -1.49. The van der Waals surface area contributed by atoms with Crippen LogP contribution in [0.4, 0.5) is 0 Å². The Morgan fingerprint density at radius 3 is 2.08 bits per heavy atom. The smallest absolute Gasteiger partial charge is 0.311 e. The van der Waals surface area contributed by atoms with E-state index in [1.807, 2.05) is 69.7 Å². The van der Waals surface area contributed by atoms with Gasteiger partial charge >= 0.3 is 5.97 Å². The summed E-state index contributed by atoms with van der Waals surface area (Å²) < 4.78 is 60.0. The van der Waals surface area contributed by atoms with E-state index in [1.54, 1.807) is 14.0 Å². The molecule has 4 aliphatic rings. The summed E-state index contributed by atoms with van der Waals surface area (Å²) >= 11 is 0. The van der Waals surface area contributed by atoms with Crippen LogP contribution in [0.15, 0.2) is 0 Å². The molecule has 0 spiro atoms. The third-order valence-corrected chi connectivity index (χ3v) is 15.4. The third-order valence-electron chi connectivity index (χ3n) is 15.4. The van der Waals surface area contributed by atoms with Crippen molar-refractivity contribution in [3.63, 3.8) is 0 Å². The van der Waals surface area contributed by atoms with E-state index in [0.29, 0.717) is 25.8 Å². The first-order chi connectivity index (χ1) is 30.3. The van der Waals surface area contributed by atoms with E-state index >= 15 is 4.79 Å². The summed E-state index contributed by atoms with van der Waals surface area (Å²) in [6, 6.07) is 4.22. The fourth-order valence-electron chi connectivity index (χ4n) is 11.5. The predicted molar refractivity (Wildman–Crippen MR) is 245 cm³/mol. The van der Waals surface area contributed by atoms with Gasteiger partial charge in [-0.3, -0.25) is 9.69 Å². The molecule has 4 heterocycles. The first kappa shape index (κ1) is 55.6. The Bertz CT molecular complexity index is 1610. The van der Waals surface area contributed by atoms with E-state index in [2.05, 4.69) is 61.6 Å². The summed E-state index contributed by atoms with van der Waals surface area (Å²) in [5.41, 5.74) is -3.82. The molecule has 0 aromatic rings. The van der Waals surface area contributed by atoms with Crippen molar-refractivity contribution in [3.05, 3.63) is 0 Å². The Balaban J connectivity index is 1.88. The molecular formula is C49H87N5O11. The summed E-state index contributed by atoms with van der Waals surface area (Å²) in [6.45, 7) is 23.0. The van der Waals surface area contributed by atoms with Gasteiger partial charge in [0.15, 0.2) is 12.6 Å². The van der Waals surface area contributed by atoms with Crippen LogP contribution < -0.4 is 0 Å². The SMILES string of the molecule is CC[C@H]1OC(=O)[C@H](C)[C@@H](O[C@H]2C[C@@](C)(OC)[C@@H](OCCC#N)[C@H](C)O2)[C@H](C)[C@@H](O[C@@H]2O[C@H](C)C[C@H](N(C)C)[C@H]2OCCC#N)[C@](C)(O)C[C@@H](C)CN(C)[C@H](C)[C@H]2CC(C)(N(C)C)O[C@@]21C. The molecular weight excluding hydrogens is 835 g/mol. The van der Waals surface area contributed by atoms with Gasteiger partial charge in [-0.15, -0.1) is 0 Å². The van der Waals surface area contributed by atoms with Crippen LogP contribution >= 0.6 is 0 Å². The number of hydrogen-bond acceptors (Lipinski definition) is 16. The zero-order valence-electron chi connectivity index (χ0n) is 43.0. The number of carbonyl (C=O) groups is 1. The lowest BCUT2D eigenvalue weighted by atomic mass is 9.77. The third kappa shape index (κ3) is 12.8. The van der Waals surface area contributed by atoms with Crippen LogP contribution in [-0.4, -0.2) is 178 Å². The molecule has 1 unspecified atom stereocenters. The van der Waals surface area contributed by atoms with Gasteiger partial charge in [-0.25, -0.2) is 0 Å². The summed E-state index contributed by atoms with van der Waals surface area (Å²) in [5, 5.41) is 31.7. The standard InChI is InChI=1S/C49H87N5O11/c1-18-38-49(11)36(27-48(10,65-49)53(14)15)34(6)54(16)29-30(2)26-46(8,56)42(64-45-41(58-23-19-21-50)37(52(12)13)25-31(3)60-45)32(4)40(33(5)44(55)62-38)63-39-28-47(9,57-17)43(35(7)61-39)59-24-20-22-51/h30-43,45,56H,18-20,23-29H2,1-17H3/t30-,31-,32+,33-,34-,35+,36-,37+,38-,39+,40+,41-,42-,43+,45+,46-,47-,48?,49+/m1/s1. The van der Waals surface area contributed by atoms with Crippen molar-refractivity contribution in [2.45, 2.75) is 211 Å². The first-order valence-electron chi connectivity index (χ1n) is 24.1. The van der Waals surface area contributed by atoms with Crippen LogP contribution in [0.3, 0.4) is 0 Å². The quantitative estimate of drug-likeness (QED) is 0.165. The molecule has 0 aliphatic carbocycles. The Hall–Kier alpha value is -2.03. The second-order valence-electron chi connectivity index (χ2n) is 21.2. The van der Waals surface area contributed by atoms with Crippen LogP contribution in [0.1, 0.15) is 121 Å². The van der Waals surface area contributed by atoms with Gasteiger partial charge in [-0.1, -0.05) is 20.8 Å². The fourth-order valence-corrected chi connectivity index (χ4v) is 11.5. The van der Waals surface area contributed by atoms with Gasteiger partial charge in [0, 0.05) is 44.0 Å². The molecule has 16 nitrogen and oxygen atoms in total. The predicted octanol–water partition coefficient (Wildman–Crippen LogP) is 5.74. The topological polar surface area (TPSA) is 178 Å². The highest BCUT2D eigenvalue weighted by Gasteiger charge is 2.60. The van der Waals surface area contributed by atoms with Gasteiger partial charge in [0.05, 0.1) is 79.7 Å². The molecule has 19 atom stereocenters. The maximum atomic E-state index is 15.0. The van der Waals surface area contributed by atoms with Gasteiger partial charge in [-0.05, 0) is 122 Å². The van der Waals surface area contributed by atoms with Gasteiger partial charge in [0.25, 0.3) is 0 Å². The number of nitriles is 2. The van der Waals surface area contributed by atoms with E-state index < -0.39 is 89.5 Å². The molecule has 1 N–H and O–H groups in total. The summed E-state index contributed by atoms with van der Waals surface area (Å²) in [7, 11) is 11.8. The van der Waals surface area contributed by atoms with Gasteiger partial charge < -0.3 is 57.5 Å². The van der Waals surface area contributed by atoms with Crippen LogP contribution in [0, 0.1) is 46.3 Å². The molecule has 16 heteroatoms. The zero-order valence-corrected chi connectivity index (χ0v) is 43.0. The fraction of sp³-hybridized carbons (Fsp3) is 0.939. The highest BCUT2D eigenvalue weighted by molar-refractivity contribution is 5.73. The highest BCUT2D eigenvalue weighted by Crippen LogP contribution is 2.50. The van der Waals surface area contributed by atoms with Crippen molar-refractivity contribution in [3.8, 4) is 12.1 Å². The van der Waals surface area contributed by atoms with Crippen molar-refractivity contribution in [2.75, 3.05) is 62.1 Å². The van der Waals surface area contributed by atoms with E-state index in [0.717, 1.165) is 6.42 Å². The van der Waals surface area contributed by atoms with Gasteiger partial charge in [0.2, 0.25) is 0 Å². The number of likely N-dealkylation sites (N-methyl/N-ethyl adjacent to an activating group) is 1. The second-order valence-corrected chi connectivity index (χ2v) is 21.2. The van der Waals surface area contributed by atoms with Gasteiger partial charge in [-0.2, -0.15) is 10.5 Å². The summed E-state index contributed by atoms with van der Waals surface area (Å²) in [5.74, 6) is -2.08. The Kier molecular flexibility index (Phi) is 19.7. The molecule has 0 aromatic carbocycles. The molecule has 0 saturated carbocycles. The monoisotopic (exact) mass is 922 g/mol. The van der Waals surface area contributed by atoms with Crippen molar-refractivity contribution >= 4 is 5.97 Å². The molecule has 4 fully saturated rings. The number of fused-ring (bicyclic) bond motifs is 1. The number of rotatable bonds is 14. The maximum Gasteiger partial charge on any atom is 0.311 e. The number of nitrogens with zero attached hydrogens (tertiary/aromatic N) is 5. The van der Waals surface area contributed by atoms with E-state index in [9.17, 15) is 15.6 Å². The number of carbonyl (C=O) groups excluding carboxylic acids is 1. The summed E-state index contributed by atoms with van der Waals surface area (Å²) in [6.07, 6.45) is -3.23. The Labute approximate surface area is 391 Å². The van der Waals surface area contributed by atoms with Crippen molar-refractivity contribution < 1.29 is 52.5 Å². The normalized spacial score (nSPS) is 45.0.